The third kappa shape index (κ3) is 2.76. The van der Waals surface area contributed by atoms with E-state index < -0.39 is 11.9 Å². The molecule has 0 atom stereocenters. The van der Waals surface area contributed by atoms with Gasteiger partial charge in [-0.25, -0.2) is 4.79 Å². The molecule has 0 aromatic carbocycles. The van der Waals surface area contributed by atoms with Gasteiger partial charge in [0, 0.05) is 12.4 Å². The minimum Gasteiger partial charge on any atom is -0.478 e. The molecule has 1 amide bonds. The zero-order chi connectivity index (χ0) is 14.0. The van der Waals surface area contributed by atoms with Crippen molar-refractivity contribution in [2.45, 2.75) is 13.8 Å². The van der Waals surface area contributed by atoms with Gasteiger partial charge in [-0.1, -0.05) is 0 Å². The highest BCUT2D eigenvalue weighted by Gasteiger charge is 2.19. The number of hydrogen-bond acceptors (Lipinski definition) is 5. The molecule has 0 saturated carbocycles. The van der Waals surface area contributed by atoms with Crippen LogP contribution in [0.3, 0.4) is 0 Å². The number of carboxylic acids is 1. The van der Waals surface area contributed by atoms with Gasteiger partial charge in [0.1, 0.15) is 10.6 Å². The average Bonchev–Trinajstić information content (AvgIpc) is 2.70. The van der Waals surface area contributed by atoms with Crippen molar-refractivity contribution in [2.24, 2.45) is 0 Å². The zero-order valence-corrected chi connectivity index (χ0v) is 11.1. The SMILES string of the molecule is Cc1cncc(C(=O)Nc2snc(C)c2C(=O)O)c1. The van der Waals surface area contributed by atoms with Crippen molar-refractivity contribution >= 4 is 28.4 Å². The Morgan fingerprint density at radius 2 is 2.05 bits per heavy atom. The molecule has 7 heteroatoms. The van der Waals surface area contributed by atoms with Gasteiger partial charge in [0.2, 0.25) is 0 Å². The number of rotatable bonds is 3. The molecule has 0 spiro atoms. The first kappa shape index (κ1) is 13.2. The number of carbonyl (C=O) groups excluding carboxylic acids is 1. The molecule has 0 unspecified atom stereocenters. The van der Waals surface area contributed by atoms with Gasteiger partial charge >= 0.3 is 5.97 Å². The van der Waals surface area contributed by atoms with E-state index >= 15 is 0 Å². The third-order valence-electron chi connectivity index (χ3n) is 2.44. The van der Waals surface area contributed by atoms with Crippen LogP contribution in [0.25, 0.3) is 0 Å². The molecule has 2 aromatic heterocycles. The second kappa shape index (κ2) is 5.15. The summed E-state index contributed by atoms with van der Waals surface area (Å²) < 4.78 is 3.93. The average molecular weight is 277 g/mol. The van der Waals surface area contributed by atoms with Crippen LogP contribution in [-0.4, -0.2) is 26.3 Å². The van der Waals surface area contributed by atoms with Gasteiger partial charge in [0.05, 0.1) is 11.3 Å². The van der Waals surface area contributed by atoms with Crippen LogP contribution in [0.4, 0.5) is 5.00 Å². The molecule has 0 saturated heterocycles. The minimum absolute atomic E-state index is 0.0268. The van der Waals surface area contributed by atoms with Crippen LogP contribution in [0.1, 0.15) is 32.0 Å². The van der Waals surface area contributed by atoms with Crippen molar-refractivity contribution in [3.63, 3.8) is 0 Å². The Hall–Kier alpha value is -2.28. The van der Waals surface area contributed by atoms with E-state index in [1.807, 2.05) is 6.92 Å². The van der Waals surface area contributed by atoms with E-state index in [9.17, 15) is 9.59 Å². The quantitative estimate of drug-likeness (QED) is 0.896. The number of hydrogen-bond donors (Lipinski definition) is 2. The Balaban J connectivity index is 2.27. The lowest BCUT2D eigenvalue weighted by molar-refractivity contribution is 0.0697. The van der Waals surface area contributed by atoms with Crippen LogP contribution in [-0.2, 0) is 0 Å². The van der Waals surface area contributed by atoms with E-state index in [-0.39, 0.29) is 10.6 Å². The number of carbonyl (C=O) groups is 2. The fraction of sp³-hybridized carbons (Fsp3) is 0.167. The van der Waals surface area contributed by atoms with Crippen molar-refractivity contribution in [1.29, 1.82) is 0 Å². The van der Waals surface area contributed by atoms with Crippen LogP contribution < -0.4 is 5.32 Å². The predicted octanol–water partition coefficient (Wildman–Crippen LogP) is 2.11. The fourth-order valence-corrected chi connectivity index (χ4v) is 2.35. The second-order valence-electron chi connectivity index (χ2n) is 3.98. The highest BCUT2D eigenvalue weighted by Crippen LogP contribution is 2.24. The standard InChI is InChI=1S/C12H11N3O3S/c1-6-3-8(5-13-4-6)10(16)14-11-9(12(17)18)7(2)15-19-11/h3-5H,1-2H3,(H,14,16)(H,17,18). The monoisotopic (exact) mass is 277 g/mol. The number of nitrogens with zero attached hydrogens (tertiary/aromatic N) is 2. The lowest BCUT2D eigenvalue weighted by atomic mass is 10.2. The van der Waals surface area contributed by atoms with Gasteiger partial charge in [-0.05, 0) is 37.0 Å². The third-order valence-corrected chi connectivity index (χ3v) is 3.29. The van der Waals surface area contributed by atoms with Crippen molar-refractivity contribution in [3.8, 4) is 0 Å². The molecule has 2 aromatic rings. The van der Waals surface area contributed by atoms with Crippen LogP contribution >= 0.6 is 11.5 Å². The summed E-state index contributed by atoms with van der Waals surface area (Å²) in [5, 5.41) is 11.9. The van der Waals surface area contributed by atoms with E-state index in [0.29, 0.717) is 11.3 Å². The van der Waals surface area contributed by atoms with Crippen molar-refractivity contribution in [1.82, 2.24) is 9.36 Å². The molecule has 98 valence electrons. The number of aromatic carboxylic acids is 1. The molecule has 2 N–H and O–H groups in total. The molecule has 0 aliphatic rings. The molecule has 0 aliphatic carbocycles. The molecule has 0 fully saturated rings. The number of amides is 1. The van der Waals surface area contributed by atoms with Crippen LogP contribution in [0.2, 0.25) is 0 Å². The Kier molecular flexibility index (Phi) is 3.57. The summed E-state index contributed by atoms with van der Waals surface area (Å²) in [6, 6.07) is 1.68. The summed E-state index contributed by atoms with van der Waals surface area (Å²) >= 11 is 0.949. The highest BCUT2D eigenvalue weighted by molar-refractivity contribution is 7.11. The minimum atomic E-state index is -1.11. The molecule has 0 bridgehead atoms. The summed E-state index contributed by atoms with van der Waals surface area (Å²) in [6.45, 7) is 3.41. The Morgan fingerprint density at radius 3 is 2.68 bits per heavy atom. The smallest absolute Gasteiger partial charge is 0.340 e. The van der Waals surface area contributed by atoms with Crippen LogP contribution in [0.15, 0.2) is 18.5 Å². The fourth-order valence-electron chi connectivity index (χ4n) is 1.56. The first-order valence-corrected chi connectivity index (χ1v) is 6.19. The van der Waals surface area contributed by atoms with Gasteiger partial charge in [0.25, 0.3) is 5.91 Å². The molecule has 19 heavy (non-hydrogen) atoms. The van der Waals surface area contributed by atoms with Crippen molar-refractivity contribution < 1.29 is 14.7 Å². The van der Waals surface area contributed by atoms with E-state index in [4.69, 9.17) is 5.11 Å². The van der Waals surface area contributed by atoms with Gasteiger partial charge in [-0.15, -0.1) is 0 Å². The molecule has 6 nitrogen and oxygen atoms in total. The van der Waals surface area contributed by atoms with Crippen molar-refractivity contribution in [3.05, 3.63) is 40.8 Å². The van der Waals surface area contributed by atoms with E-state index in [1.54, 1.807) is 19.2 Å². The Bertz CT molecular complexity index is 651. The summed E-state index contributed by atoms with van der Waals surface area (Å²) in [5.41, 5.74) is 1.64. The van der Waals surface area contributed by atoms with Gasteiger partial charge < -0.3 is 10.4 Å². The summed E-state index contributed by atoms with van der Waals surface area (Å²) in [4.78, 5) is 27.0. The maximum Gasteiger partial charge on any atom is 0.340 e. The van der Waals surface area contributed by atoms with Gasteiger partial charge in [0.15, 0.2) is 0 Å². The Morgan fingerprint density at radius 1 is 1.32 bits per heavy atom. The molecule has 2 rings (SSSR count). The first-order valence-electron chi connectivity index (χ1n) is 5.41. The maximum atomic E-state index is 12.0. The molecular formula is C12H11N3O3S. The zero-order valence-electron chi connectivity index (χ0n) is 10.3. The van der Waals surface area contributed by atoms with Crippen LogP contribution in [0.5, 0.6) is 0 Å². The Labute approximate surface area is 113 Å². The predicted molar refractivity (Wildman–Crippen MR) is 70.7 cm³/mol. The maximum absolute atomic E-state index is 12.0. The molecular weight excluding hydrogens is 266 g/mol. The van der Waals surface area contributed by atoms with Gasteiger partial charge in [-0.2, -0.15) is 4.37 Å². The normalized spacial score (nSPS) is 10.2. The second-order valence-corrected chi connectivity index (χ2v) is 4.76. The largest absolute Gasteiger partial charge is 0.478 e. The number of aryl methyl sites for hydroxylation is 2. The first-order chi connectivity index (χ1) is 8.99. The summed E-state index contributed by atoms with van der Waals surface area (Å²) in [7, 11) is 0. The number of nitrogens with one attached hydrogen (secondary N) is 1. The number of pyridine rings is 1. The van der Waals surface area contributed by atoms with E-state index in [2.05, 4.69) is 14.7 Å². The number of anilines is 1. The van der Waals surface area contributed by atoms with Crippen molar-refractivity contribution in [2.75, 3.05) is 5.32 Å². The lowest BCUT2D eigenvalue weighted by Crippen LogP contribution is -2.14. The summed E-state index contributed by atoms with van der Waals surface area (Å²) in [6.07, 6.45) is 3.06. The topological polar surface area (TPSA) is 92.2 Å². The summed E-state index contributed by atoms with van der Waals surface area (Å²) in [5.74, 6) is -1.51. The van der Waals surface area contributed by atoms with Gasteiger partial charge in [-0.3, -0.25) is 9.78 Å². The van der Waals surface area contributed by atoms with Crippen LogP contribution in [0, 0.1) is 13.8 Å². The highest BCUT2D eigenvalue weighted by atomic mass is 32.1. The number of aromatic nitrogens is 2. The van der Waals surface area contributed by atoms with E-state index in [0.717, 1.165) is 17.1 Å². The lowest BCUT2D eigenvalue weighted by Gasteiger charge is -2.04. The molecule has 2 heterocycles. The number of carboxylic acid groups (broad SMARTS) is 1. The molecule has 0 radical (unpaired) electrons. The van der Waals surface area contributed by atoms with E-state index in [1.165, 1.54) is 6.20 Å². The molecule has 0 aliphatic heterocycles.